The number of benzene rings is 1. The predicted molar refractivity (Wildman–Crippen MR) is 71.9 cm³/mol. The highest BCUT2D eigenvalue weighted by molar-refractivity contribution is 7.89. The number of hydrogen-bond donors (Lipinski definition) is 4. The van der Waals surface area contributed by atoms with E-state index in [0.717, 1.165) is 0 Å². The standard InChI is InChI=1S/C11H19N3O3S/c1-11(2,7-15)14-10-5-4-8(6-9(10)12)18(16,17)13-3/h4-6,13-15H,7,12H2,1-3H3. The number of nitrogens with one attached hydrogen (secondary N) is 2. The Kier molecular flexibility index (Phi) is 4.20. The van der Waals surface area contributed by atoms with Crippen LogP contribution < -0.4 is 15.8 Å². The van der Waals surface area contributed by atoms with Gasteiger partial charge in [0.2, 0.25) is 10.0 Å². The second-order valence-electron chi connectivity index (χ2n) is 4.62. The van der Waals surface area contributed by atoms with Crippen molar-refractivity contribution in [2.45, 2.75) is 24.3 Å². The summed E-state index contributed by atoms with van der Waals surface area (Å²) in [6, 6.07) is 4.41. The Morgan fingerprint density at radius 2 is 2.00 bits per heavy atom. The fraction of sp³-hybridized carbons (Fsp3) is 0.455. The average molecular weight is 273 g/mol. The van der Waals surface area contributed by atoms with Crippen molar-refractivity contribution in [1.29, 1.82) is 0 Å². The van der Waals surface area contributed by atoms with Crippen LogP contribution in [0, 0.1) is 0 Å². The molecule has 0 heterocycles. The molecule has 0 spiro atoms. The Morgan fingerprint density at radius 1 is 1.39 bits per heavy atom. The van der Waals surface area contributed by atoms with Crippen molar-refractivity contribution in [2.75, 3.05) is 24.7 Å². The number of nitrogen functional groups attached to an aromatic ring is 1. The third-order valence-corrected chi connectivity index (χ3v) is 3.88. The molecule has 0 radical (unpaired) electrons. The second-order valence-corrected chi connectivity index (χ2v) is 6.51. The molecule has 5 N–H and O–H groups in total. The number of aliphatic hydroxyl groups excluding tert-OH is 1. The molecule has 7 heteroatoms. The highest BCUT2D eigenvalue weighted by Gasteiger charge is 2.18. The maximum Gasteiger partial charge on any atom is 0.240 e. The molecule has 0 saturated carbocycles. The number of rotatable bonds is 5. The smallest absolute Gasteiger partial charge is 0.240 e. The fourth-order valence-electron chi connectivity index (χ4n) is 1.34. The molecule has 0 aliphatic heterocycles. The van der Waals surface area contributed by atoms with Gasteiger partial charge < -0.3 is 16.2 Å². The average Bonchev–Trinajstić information content (AvgIpc) is 2.31. The second kappa shape index (κ2) is 5.13. The molecule has 18 heavy (non-hydrogen) atoms. The predicted octanol–water partition coefficient (Wildman–Crippen LogP) is 0.360. The quantitative estimate of drug-likeness (QED) is 0.580. The molecule has 1 rings (SSSR count). The van der Waals surface area contributed by atoms with E-state index in [-0.39, 0.29) is 11.5 Å². The summed E-state index contributed by atoms with van der Waals surface area (Å²) < 4.78 is 25.4. The van der Waals surface area contributed by atoms with Crippen LogP contribution in [0.25, 0.3) is 0 Å². The summed E-state index contributed by atoms with van der Waals surface area (Å²) in [6.45, 7) is 3.55. The molecule has 0 saturated heterocycles. The van der Waals surface area contributed by atoms with Crippen LogP contribution in [0.5, 0.6) is 0 Å². The Hall–Kier alpha value is -1.31. The Morgan fingerprint density at radius 3 is 2.44 bits per heavy atom. The van der Waals surface area contributed by atoms with Gasteiger partial charge in [-0.05, 0) is 39.1 Å². The van der Waals surface area contributed by atoms with E-state index < -0.39 is 15.6 Å². The molecule has 6 nitrogen and oxygen atoms in total. The summed E-state index contributed by atoms with van der Waals surface area (Å²) in [5.74, 6) is 0. The van der Waals surface area contributed by atoms with Crippen LogP contribution in [0.1, 0.15) is 13.8 Å². The van der Waals surface area contributed by atoms with Crippen molar-refractivity contribution in [3.8, 4) is 0 Å². The molecule has 0 amide bonds. The molecule has 0 aromatic heterocycles. The molecule has 0 unspecified atom stereocenters. The van der Waals surface area contributed by atoms with Gasteiger partial charge in [0.05, 0.1) is 28.4 Å². The van der Waals surface area contributed by atoms with Gasteiger partial charge in [0.25, 0.3) is 0 Å². The lowest BCUT2D eigenvalue weighted by atomic mass is 10.1. The number of hydrogen-bond acceptors (Lipinski definition) is 5. The van der Waals surface area contributed by atoms with E-state index in [1.807, 2.05) is 13.8 Å². The van der Waals surface area contributed by atoms with Gasteiger partial charge in [-0.25, -0.2) is 13.1 Å². The van der Waals surface area contributed by atoms with E-state index in [9.17, 15) is 8.42 Å². The first-order valence-electron chi connectivity index (χ1n) is 5.44. The van der Waals surface area contributed by atoms with E-state index in [2.05, 4.69) is 10.0 Å². The maximum atomic E-state index is 11.6. The number of sulfonamides is 1. The molecule has 0 bridgehead atoms. The minimum atomic E-state index is -3.49. The van der Waals surface area contributed by atoms with Crippen LogP contribution >= 0.6 is 0 Å². The largest absolute Gasteiger partial charge is 0.397 e. The van der Waals surface area contributed by atoms with E-state index in [1.165, 1.54) is 19.2 Å². The maximum absolute atomic E-state index is 11.6. The Bertz CT molecular complexity index is 526. The zero-order valence-electron chi connectivity index (χ0n) is 10.7. The van der Waals surface area contributed by atoms with Crippen LogP contribution in [0.2, 0.25) is 0 Å². The van der Waals surface area contributed by atoms with Gasteiger partial charge in [0.15, 0.2) is 0 Å². The lowest BCUT2D eigenvalue weighted by molar-refractivity contribution is 0.234. The molecule has 0 aliphatic carbocycles. The van der Waals surface area contributed by atoms with Gasteiger partial charge in [0.1, 0.15) is 0 Å². The first kappa shape index (κ1) is 14.7. The summed E-state index contributed by atoms with van der Waals surface area (Å²) in [5, 5.41) is 12.2. The van der Waals surface area contributed by atoms with Crippen molar-refractivity contribution in [2.24, 2.45) is 0 Å². The minimum Gasteiger partial charge on any atom is -0.397 e. The molecule has 1 aromatic carbocycles. The van der Waals surface area contributed by atoms with E-state index in [1.54, 1.807) is 6.07 Å². The van der Waals surface area contributed by atoms with Crippen LogP contribution in [0.15, 0.2) is 23.1 Å². The Labute approximate surface area is 107 Å². The molecular formula is C11H19N3O3S. The van der Waals surface area contributed by atoms with Crippen molar-refractivity contribution < 1.29 is 13.5 Å². The first-order valence-corrected chi connectivity index (χ1v) is 6.92. The summed E-state index contributed by atoms with van der Waals surface area (Å²) in [6.07, 6.45) is 0. The highest BCUT2D eigenvalue weighted by atomic mass is 32.2. The molecule has 1 aromatic rings. The lowest BCUT2D eigenvalue weighted by Gasteiger charge is -2.26. The van der Waals surface area contributed by atoms with E-state index in [0.29, 0.717) is 11.4 Å². The molecule has 102 valence electrons. The molecular weight excluding hydrogens is 254 g/mol. The first-order chi connectivity index (χ1) is 8.22. The van der Waals surface area contributed by atoms with Crippen molar-refractivity contribution >= 4 is 21.4 Å². The van der Waals surface area contributed by atoms with Crippen molar-refractivity contribution in [1.82, 2.24) is 4.72 Å². The van der Waals surface area contributed by atoms with Crippen LogP contribution in [0.3, 0.4) is 0 Å². The van der Waals surface area contributed by atoms with Crippen LogP contribution in [0.4, 0.5) is 11.4 Å². The third kappa shape index (κ3) is 3.34. The zero-order chi connectivity index (χ0) is 14.0. The van der Waals surface area contributed by atoms with Gasteiger partial charge in [-0.15, -0.1) is 0 Å². The van der Waals surface area contributed by atoms with Gasteiger partial charge in [0, 0.05) is 0 Å². The van der Waals surface area contributed by atoms with Gasteiger partial charge >= 0.3 is 0 Å². The fourth-order valence-corrected chi connectivity index (χ4v) is 2.11. The van der Waals surface area contributed by atoms with Crippen LogP contribution in [-0.2, 0) is 10.0 Å². The summed E-state index contributed by atoms with van der Waals surface area (Å²) in [7, 11) is -2.15. The SMILES string of the molecule is CNS(=O)(=O)c1ccc(NC(C)(C)CO)c(N)c1. The van der Waals surface area contributed by atoms with Crippen LogP contribution in [-0.4, -0.2) is 32.7 Å². The zero-order valence-corrected chi connectivity index (χ0v) is 11.5. The monoisotopic (exact) mass is 273 g/mol. The van der Waals surface area contributed by atoms with Gasteiger partial charge in [-0.2, -0.15) is 0 Å². The van der Waals surface area contributed by atoms with Gasteiger partial charge in [-0.1, -0.05) is 0 Å². The highest BCUT2D eigenvalue weighted by Crippen LogP contribution is 2.25. The molecule has 0 aliphatic rings. The third-order valence-electron chi connectivity index (χ3n) is 2.47. The normalized spacial score (nSPS) is 12.4. The molecule has 0 atom stereocenters. The summed E-state index contributed by atoms with van der Waals surface area (Å²) >= 11 is 0. The number of nitrogens with two attached hydrogens (primary N) is 1. The molecule has 0 fully saturated rings. The summed E-state index contributed by atoms with van der Waals surface area (Å²) in [4.78, 5) is 0.106. The minimum absolute atomic E-state index is 0.0665. The summed E-state index contributed by atoms with van der Waals surface area (Å²) in [5.41, 5.74) is 6.17. The van der Waals surface area contributed by atoms with E-state index in [4.69, 9.17) is 10.8 Å². The van der Waals surface area contributed by atoms with E-state index >= 15 is 0 Å². The van der Waals surface area contributed by atoms with Gasteiger partial charge in [-0.3, -0.25) is 0 Å². The topological polar surface area (TPSA) is 104 Å². The van der Waals surface area contributed by atoms with Crippen molar-refractivity contribution in [3.05, 3.63) is 18.2 Å². The van der Waals surface area contributed by atoms with Crippen molar-refractivity contribution in [3.63, 3.8) is 0 Å². The lowest BCUT2D eigenvalue weighted by Crippen LogP contribution is -2.35. The number of aliphatic hydroxyl groups is 1. The number of anilines is 2. The Balaban J connectivity index is 3.08.